The molecule has 2 rings (SSSR count). The summed E-state index contributed by atoms with van der Waals surface area (Å²) in [4.78, 5) is 22.4. The lowest BCUT2D eigenvalue weighted by atomic mass is 9.91. The van der Waals surface area contributed by atoms with Crippen LogP contribution in [0.2, 0.25) is 0 Å². The second kappa shape index (κ2) is 4.99. The summed E-state index contributed by atoms with van der Waals surface area (Å²) < 4.78 is 5.02. The monoisotopic (exact) mass is 233 g/mol. The van der Waals surface area contributed by atoms with Crippen molar-refractivity contribution in [1.82, 2.24) is 5.32 Å². The number of aryl methyl sites for hydroxylation is 1. The molecule has 0 spiro atoms. The minimum Gasteiger partial charge on any atom is -0.445 e. The molecule has 1 amide bonds. The van der Waals surface area contributed by atoms with Crippen molar-refractivity contribution >= 4 is 11.9 Å². The molecule has 17 heavy (non-hydrogen) atoms. The fourth-order valence-corrected chi connectivity index (χ4v) is 1.58. The summed E-state index contributed by atoms with van der Waals surface area (Å²) in [5, 5.41) is 2.54. The first-order valence-electron chi connectivity index (χ1n) is 5.67. The minimum atomic E-state index is -0.524. The Hall–Kier alpha value is -1.84. The van der Waals surface area contributed by atoms with Gasteiger partial charge in [-0.1, -0.05) is 29.8 Å². The molecule has 1 saturated carbocycles. The van der Waals surface area contributed by atoms with Gasteiger partial charge >= 0.3 is 6.09 Å². The lowest BCUT2D eigenvalue weighted by Gasteiger charge is -2.24. The average Bonchev–Trinajstić information content (AvgIpc) is 2.33. The van der Waals surface area contributed by atoms with E-state index in [-0.39, 0.29) is 18.4 Å². The van der Waals surface area contributed by atoms with Gasteiger partial charge in [0, 0.05) is 6.42 Å². The number of amides is 1. The minimum absolute atomic E-state index is 0.0808. The van der Waals surface area contributed by atoms with Gasteiger partial charge in [0.05, 0.1) is 6.04 Å². The largest absolute Gasteiger partial charge is 0.445 e. The third-order valence-corrected chi connectivity index (χ3v) is 2.85. The van der Waals surface area contributed by atoms with Gasteiger partial charge in [-0.25, -0.2) is 4.79 Å². The molecule has 0 unspecified atom stereocenters. The van der Waals surface area contributed by atoms with Gasteiger partial charge in [-0.05, 0) is 18.9 Å². The van der Waals surface area contributed by atoms with Gasteiger partial charge in [0.1, 0.15) is 6.61 Å². The molecule has 1 aromatic rings. The molecule has 4 heteroatoms. The first-order valence-corrected chi connectivity index (χ1v) is 5.67. The predicted molar refractivity (Wildman–Crippen MR) is 62.5 cm³/mol. The molecule has 0 aromatic heterocycles. The van der Waals surface area contributed by atoms with Gasteiger partial charge in [0.25, 0.3) is 0 Å². The molecule has 1 atom stereocenters. The van der Waals surface area contributed by atoms with E-state index in [0.717, 1.165) is 12.0 Å². The summed E-state index contributed by atoms with van der Waals surface area (Å²) in [5.41, 5.74) is 2.10. The molecule has 1 aliphatic carbocycles. The maximum atomic E-state index is 11.3. The number of nitrogens with one attached hydrogen (secondary N) is 1. The predicted octanol–water partition coefficient (Wildman–Crippen LogP) is 1.95. The normalized spacial score (nSPS) is 18.4. The zero-order valence-corrected chi connectivity index (χ0v) is 9.73. The number of ether oxygens (including phenoxy) is 1. The molecule has 0 radical (unpaired) electrons. The molecular formula is C13H15NO3. The third-order valence-electron chi connectivity index (χ3n) is 2.85. The summed E-state index contributed by atoms with van der Waals surface area (Å²) in [5.74, 6) is 0.0808. The zero-order chi connectivity index (χ0) is 12.3. The second-order valence-corrected chi connectivity index (χ2v) is 4.26. The second-order valence-electron chi connectivity index (χ2n) is 4.26. The van der Waals surface area contributed by atoms with E-state index >= 15 is 0 Å². The van der Waals surface area contributed by atoms with Gasteiger partial charge < -0.3 is 10.1 Å². The van der Waals surface area contributed by atoms with Gasteiger partial charge in [-0.3, -0.25) is 4.79 Å². The van der Waals surface area contributed by atoms with Crippen molar-refractivity contribution in [2.24, 2.45) is 0 Å². The highest BCUT2D eigenvalue weighted by Gasteiger charge is 2.29. The van der Waals surface area contributed by atoms with Crippen molar-refractivity contribution in [2.45, 2.75) is 32.4 Å². The van der Waals surface area contributed by atoms with E-state index in [1.54, 1.807) is 0 Å². The Labute approximate surface area is 100.0 Å². The van der Waals surface area contributed by atoms with Crippen molar-refractivity contribution in [3.05, 3.63) is 35.4 Å². The van der Waals surface area contributed by atoms with Crippen molar-refractivity contribution in [3.63, 3.8) is 0 Å². The average molecular weight is 233 g/mol. The number of alkyl carbamates (subject to hydrolysis) is 1. The van der Waals surface area contributed by atoms with E-state index in [9.17, 15) is 9.59 Å². The standard InChI is InChI=1S/C13H15NO3/c1-9-2-4-10(5-3-9)8-17-13(16)14-11-6-7-12(11)15/h2-5,11H,6-8H2,1H3,(H,14,16)/t11-/m0/s1. The SMILES string of the molecule is Cc1ccc(COC(=O)N[C@H]2CCC2=O)cc1. The molecule has 1 aliphatic rings. The first-order chi connectivity index (χ1) is 8.15. The van der Waals surface area contributed by atoms with Crippen LogP contribution in [0.3, 0.4) is 0 Å². The van der Waals surface area contributed by atoms with Crippen molar-refractivity contribution < 1.29 is 14.3 Å². The summed E-state index contributed by atoms with van der Waals surface area (Å²) in [6.45, 7) is 2.23. The highest BCUT2D eigenvalue weighted by molar-refractivity contribution is 5.92. The third kappa shape index (κ3) is 3.06. The van der Waals surface area contributed by atoms with E-state index in [4.69, 9.17) is 4.74 Å². The van der Waals surface area contributed by atoms with Crippen LogP contribution in [0, 0.1) is 6.92 Å². The van der Waals surface area contributed by atoms with Crippen LogP contribution in [0.25, 0.3) is 0 Å². The molecule has 0 heterocycles. The fraction of sp³-hybridized carbons (Fsp3) is 0.385. The molecule has 0 bridgehead atoms. The number of hydrogen-bond acceptors (Lipinski definition) is 3. The summed E-state index contributed by atoms with van der Waals surface area (Å²) in [6.07, 6.45) is 0.755. The smallest absolute Gasteiger partial charge is 0.408 e. The topological polar surface area (TPSA) is 55.4 Å². The van der Waals surface area contributed by atoms with E-state index in [1.807, 2.05) is 31.2 Å². The Morgan fingerprint density at radius 3 is 2.65 bits per heavy atom. The van der Waals surface area contributed by atoms with Gasteiger partial charge in [-0.15, -0.1) is 0 Å². The number of carbonyl (C=O) groups is 2. The highest BCUT2D eigenvalue weighted by Crippen LogP contribution is 2.14. The molecule has 1 N–H and O–H groups in total. The van der Waals surface area contributed by atoms with E-state index in [0.29, 0.717) is 6.42 Å². The maximum absolute atomic E-state index is 11.3. The Morgan fingerprint density at radius 1 is 1.41 bits per heavy atom. The molecule has 0 aliphatic heterocycles. The van der Waals surface area contributed by atoms with E-state index in [2.05, 4.69) is 5.32 Å². The van der Waals surface area contributed by atoms with Crippen molar-refractivity contribution in [3.8, 4) is 0 Å². The Kier molecular flexibility index (Phi) is 3.42. The Bertz CT molecular complexity index is 425. The molecular weight excluding hydrogens is 218 g/mol. The number of carbonyl (C=O) groups excluding carboxylic acids is 2. The van der Waals surface area contributed by atoms with E-state index in [1.165, 1.54) is 5.56 Å². The number of rotatable bonds is 3. The lowest BCUT2D eigenvalue weighted by Crippen LogP contribution is -2.47. The quantitative estimate of drug-likeness (QED) is 0.868. The fourth-order valence-electron chi connectivity index (χ4n) is 1.58. The van der Waals surface area contributed by atoms with Crippen LogP contribution in [0.4, 0.5) is 4.79 Å². The number of Topliss-reactive ketones (excluding diaryl/α,β-unsaturated/α-hetero) is 1. The zero-order valence-electron chi connectivity index (χ0n) is 9.73. The van der Waals surface area contributed by atoms with Crippen molar-refractivity contribution in [2.75, 3.05) is 0 Å². The molecule has 90 valence electrons. The van der Waals surface area contributed by atoms with Crippen LogP contribution in [0.5, 0.6) is 0 Å². The number of hydrogen-bond donors (Lipinski definition) is 1. The number of ketones is 1. The number of benzene rings is 1. The van der Waals surface area contributed by atoms with Crippen LogP contribution in [-0.4, -0.2) is 17.9 Å². The first kappa shape index (κ1) is 11.6. The molecule has 1 aromatic carbocycles. The Balaban J connectivity index is 1.76. The summed E-state index contributed by atoms with van der Waals surface area (Å²) in [6, 6.07) is 7.42. The van der Waals surface area contributed by atoms with Crippen LogP contribution in [-0.2, 0) is 16.1 Å². The van der Waals surface area contributed by atoms with Gasteiger partial charge in [-0.2, -0.15) is 0 Å². The van der Waals surface area contributed by atoms with Gasteiger partial charge in [0.15, 0.2) is 5.78 Å². The van der Waals surface area contributed by atoms with Crippen LogP contribution >= 0.6 is 0 Å². The molecule has 4 nitrogen and oxygen atoms in total. The summed E-state index contributed by atoms with van der Waals surface area (Å²) in [7, 11) is 0. The van der Waals surface area contributed by atoms with E-state index < -0.39 is 6.09 Å². The van der Waals surface area contributed by atoms with Crippen LogP contribution in [0.15, 0.2) is 24.3 Å². The maximum Gasteiger partial charge on any atom is 0.408 e. The lowest BCUT2D eigenvalue weighted by molar-refractivity contribution is -0.126. The molecule has 1 fully saturated rings. The van der Waals surface area contributed by atoms with Crippen LogP contribution < -0.4 is 5.32 Å². The van der Waals surface area contributed by atoms with Gasteiger partial charge in [0.2, 0.25) is 0 Å². The summed E-state index contributed by atoms with van der Waals surface area (Å²) >= 11 is 0. The Morgan fingerprint density at radius 2 is 2.12 bits per heavy atom. The van der Waals surface area contributed by atoms with Crippen molar-refractivity contribution in [1.29, 1.82) is 0 Å². The molecule has 0 saturated heterocycles. The van der Waals surface area contributed by atoms with Crippen LogP contribution in [0.1, 0.15) is 24.0 Å². The highest BCUT2D eigenvalue weighted by atomic mass is 16.5.